The highest BCUT2D eigenvalue weighted by molar-refractivity contribution is 6.17. The summed E-state index contributed by atoms with van der Waals surface area (Å²) < 4.78 is 5.24. The molecule has 0 aliphatic rings. The molecule has 0 bridgehead atoms. The average molecular weight is 276 g/mol. The van der Waals surface area contributed by atoms with Gasteiger partial charge >= 0.3 is 0 Å². The van der Waals surface area contributed by atoms with Gasteiger partial charge in [0.1, 0.15) is 5.75 Å². The van der Waals surface area contributed by atoms with Crippen LogP contribution < -0.4 is 9.64 Å². The molecular formula is C16H18ClNO. The van der Waals surface area contributed by atoms with Crippen molar-refractivity contribution in [1.29, 1.82) is 0 Å². The van der Waals surface area contributed by atoms with E-state index in [4.69, 9.17) is 16.3 Å². The molecule has 2 rings (SSSR count). The standard InChI is InChI=1S/C16H18ClNO/c1-18(15-8-6-13(11-17)7-9-15)12-14-4-3-5-16(10-14)19-2/h3-10H,11-12H2,1-2H3. The lowest BCUT2D eigenvalue weighted by Gasteiger charge is -2.20. The van der Waals surface area contributed by atoms with Gasteiger partial charge in [0.25, 0.3) is 0 Å². The summed E-state index contributed by atoms with van der Waals surface area (Å²) in [6, 6.07) is 16.4. The SMILES string of the molecule is COc1cccc(CN(C)c2ccc(CCl)cc2)c1. The Kier molecular flexibility index (Phi) is 4.69. The van der Waals surface area contributed by atoms with E-state index in [9.17, 15) is 0 Å². The summed E-state index contributed by atoms with van der Waals surface area (Å²) in [5, 5.41) is 0. The van der Waals surface area contributed by atoms with E-state index in [0.717, 1.165) is 17.9 Å². The minimum atomic E-state index is 0.555. The second-order valence-electron chi connectivity index (χ2n) is 4.51. The zero-order valence-electron chi connectivity index (χ0n) is 11.3. The number of anilines is 1. The number of ether oxygens (including phenoxy) is 1. The Hall–Kier alpha value is -1.67. The maximum absolute atomic E-state index is 5.79. The van der Waals surface area contributed by atoms with E-state index in [0.29, 0.717) is 5.88 Å². The molecule has 0 aromatic heterocycles. The predicted octanol–water partition coefficient (Wildman–Crippen LogP) is 4.07. The van der Waals surface area contributed by atoms with Crippen molar-refractivity contribution in [2.24, 2.45) is 0 Å². The number of methoxy groups -OCH3 is 1. The molecule has 0 saturated heterocycles. The highest BCUT2D eigenvalue weighted by Crippen LogP contribution is 2.19. The van der Waals surface area contributed by atoms with Crippen molar-refractivity contribution in [1.82, 2.24) is 0 Å². The van der Waals surface area contributed by atoms with Gasteiger partial charge in [0.2, 0.25) is 0 Å². The van der Waals surface area contributed by atoms with Crippen molar-refractivity contribution in [3.63, 3.8) is 0 Å². The molecule has 2 nitrogen and oxygen atoms in total. The first-order valence-electron chi connectivity index (χ1n) is 6.22. The molecule has 0 N–H and O–H groups in total. The minimum absolute atomic E-state index is 0.555. The monoisotopic (exact) mass is 275 g/mol. The van der Waals surface area contributed by atoms with Crippen molar-refractivity contribution in [2.75, 3.05) is 19.1 Å². The summed E-state index contributed by atoms with van der Waals surface area (Å²) >= 11 is 5.79. The lowest BCUT2D eigenvalue weighted by Crippen LogP contribution is -2.16. The van der Waals surface area contributed by atoms with E-state index in [2.05, 4.69) is 48.3 Å². The van der Waals surface area contributed by atoms with Gasteiger partial charge in [0.05, 0.1) is 7.11 Å². The number of hydrogen-bond acceptors (Lipinski definition) is 2. The van der Waals surface area contributed by atoms with Crippen LogP contribution in [0.4, 0.5) is 5.69 Å². The van der Waals surface area contributed by atoms with Crippen molar-refractivity contribution in [3.05, 3.63) is 59.7 Å². The van der Waals surface area contributed by atoms with E-state index < -0.39 is 0 Å². The molecule has 0 atom stereocenters. The van der Waals surface area contributed by atoms with E-state index in [1.54, 1.807) is 7.11 Å². The Balaban J connectivity index is 2.08. The molecule has 2 aromatic rings. The minimum Gasteiger partial charge on any atom is -0.497 e. The highest BCUT2D eigenvalue weighted by Gasteiger charge is 2.03. The second kappa shape index (κ2) is 6.48. The summed E-state index contributed by atoms with van der Waals surface area (Å²) in [4.78, 5) is 2.20. The van der Waals surface area contributed by atoms with Gasteiger partial charge < -0.3 is 9.64 Å². The van der Waals surface area contributed by atoms with Crippen LogP contribution in [-0.4, -0.2) is 14.2 Å². The number of nitrogens with zero attached hydrogens (tertiary/aromatic N) is 1. The Morgan fingerprint density at radius 1 is 1.05 bits per heavy atom. The summed E-state index contributed by atoms with van der Waals surface area (Å²) in [5.41, 5.74) is 3.54. The van der Waals surface area contributed by atoms with Crippen LogP contribution in [0.1, 0.15) is 11.1 Å². The maximum Gasteiger partial charge on any atom is 0.119 e. The third kappa shape index (κ3) is 3.65. The molecule has 0 fully saturated rings. The smallest absolute Gasteiger partial charge is 0.119 e. The average Bonchev–Trinajstić information content (AvgIpc) is 2.47. The fourth-order valence-electron chi connectivity index (χ4n) is 1.98. The van der Waals surface area contributed by atoms with Gasteiger partial charge in [0, 0.05) is 25.2 Å². The third-order valence-corrected chi connectivity index (χ3v) is 3.39. The van der Waals surface area contributed by atoms with Crippen molar-refractivity contribution in [2.45, 2.75) is 12.4 Å². The molecule has 3 heteroatoms. The van der Waals surface area contributed by atoms with Crippen LogP contribution in [0.25, 0.3) is 0 Å². The summed E-state index contributed by atoms with van der Waals surface area (Å²) in [6.45, 7) is 0.845. The molecule has 0 amide bonds. The van der Waals surface area contributed by atoms with Crippen LogP contribution in [0.15, 0.2) is 48.5 Å². The number of rotatable bonds is 5. The topological polar surface area (TPSA) is 12.5 Å². The molecule has 0 unspecified atom stereocenters. The first kappa shape index (κ1) is 13.8. The molecular weight excluding hydrogens is 258 g/mol. The summed E-state index contributed by atoms with van der Waals surface area (Å²) in [7, 11) is 3.77. The molecule has 0 spiro atoms. The van der Waals surface area contributed by atoms with Crippen molar-refractivity contribution >= 4 is 17.3 Å². The van der Waals surface area contributed by atoms with Gasteiger partial charge in [-0.25, -0.2) is 0 Å². The van der Waals surface area contributed by atoms with Crippen LogP contribution in [-0.2, 0) is 12.4 Å². The number of hydrogen-bond donors (Lipinski definition) is 0. The van der Waals surface area contributed by atoms with Crippen LogP contribution in [0.2, 0.25) is 0 Å². The van der Waals surface area contributed by atoms with Gasteiger partial charge in [0.15, 0.2) is 0 Å². The molecule has 100 valence electrons. The Morgan fingerprint density at radius 3 is 2.42 bits per heavy atom. The summed E-state index contributed by atoms with van der Waals surface area (Å²) in [6.07, 6.45) is 0. The second-order valence-corrected chi connectivity index (χ2v) is 4.77. The van der Waals surface area contributed by atoms with Crippen molar-refractivity contribution < 1.29 is 4.74 Å². The lowest BCUT2D eigenvalue weighted by atomic mass is 10.1. The predicted molar refractivity (Wildman–Crippen MR) is 81.1 cm³/mol. The summed E-state index contributed by atoms with van der Waals surface area (Å²) in [5.74, 6) is 1.45. The van der Waals surface area contributed by atoms with Crippen molar-refractivity contribution in [3.8, 4) is 5.75 Å². The maximum atomic E-state index is 5.79. The molecule has 2 aromatic carbocycles. The number of benzene rings is 2. The normalized spacial score (nSPS) is 10.3. The van der Waals surface area contributed by atoms with Gasteiger partial charge in [-0.15, -0.1) is 11.6 Å². The largest absolute Gasteiger partial charge is 0.497 e. The highest BCUT2D eigenvalue weighted by atomic mass is 35.5. The first-order chi connectivity index (χ1) is 9.22. The van der Waals surface area contributed by atoms with E-state index in [1.807, 2.05) is 12.1 Å². The molecule has 0 heterocycles. The molecule has 0 saturated carbocycles. The van der Waals surface area contributed by atoms with Crippen LogP contribution in [0.3, 0.4) is 0 Å². The lowest BCUT2D eigenvalue weighted by molar-refractivity contribution is 0.414. The molecule has 0 aliphatic carbocycles. The van der Waals surface area contributed by atoms with Crippen LogP contribution in [0, 0.1) is 0 Å². The third-order valence-electron chi connectivity index (χ3n) is 3.09. The van der Waals surface area contributed by atoms with Gasteiger partial charge in [-0.1, -0.05) is 24.3 Å². The molecule has 0 radical (unpaired) electrons. The fraction of sp³-hybridized carbons (Fsp3) is 0.250. The van der Waals surface area contributed by atoms with Gasteiger partial charge in [-0.05, 0) is 35.4 Å². The van der Waals surface area contributed by atoms with Crippen LogP contribution >= 0.6 is 11.6 Å². The Bertz CT molecular complexity index is 525. The zero-order valence-corrected chi connectivity index (χ0v) is 12.0. The van der Waals surface area contributed by atoms with Gasteiger partial charge in [-0.3, -0.25) is 0 Å². The molecule has 0 aliphatic heterocycles. The van der Waals surface area contributed by atoms with E-state index in [-0.39, 0.29) is 0 Å². The Labute approximate surface area is 119 Å². The molecule has 19 heavy (non-hydrogen) atoms. The number of alkyl halides is 1. The first-order valence-corrected chi connectivity index (χ1v) is 6.75. The zero-order chi connectivity index (χ0) is 13.7. The van der Waals surface area contributed by atoms with E-state index in [1.165, 1.54) is 11.3 Å². The fourth-order valence-corrected chi connectivity index (χ4v) is 2.15. The number of halogens is 1. The van der Waals surface area contributed by atoms with E-state index >= 15 is 0 Å². The van der Waals surface area contributed by atoms with Gasteiger partial charge in [-0.2, -0.15) is 0 Å². The Morgan fingerprint density at radius 2 is 1.79 bits per heavy atom. The quantitative estimate of drug-likeness (QED) is 0.763. The van der Waals surface area contributed by atoms with Crippen LogP contribution in [0.5, 0.6) is 5.75 Å².